The maximum Gasteiger partial charge on any atom is 0.119 e. The van der Waals surface area contributed by atoms with Crippen molar-refractivity contribution in [3.05, 3.63) is 35.4 Å². The summed E-state index contributed by atoms with van der Waals surface area (Å²) in [6, 6.07) is 6.36. The third-order valence-corrected chi connectivity index (χ3v) is 3.07. The standard InChI is InChI=1S/C14H19NO/c1-4-6-14-13-9-12(16-3)8-7-11(13)10-15(14)5-2/h6-9H,4-5,10H2,1-3H3. The van der Waals surface area contributed by atoms with Crippen LogP contribution in [0.3, 0.4) is 0 Å². The minimum Gasteiger partial charge on any atom is -0.497 e. The second kappa shape index (κ2) is 4.60. The van der Waals surface area contributed by atoms with Crippen LogP contribution in [0.1, 0.15) is 31.4 Å². The van der Waals surface area contributed by atoms with Gasteiger partial charge in [0.1, 0.15) is 5.75 Å². The molecule has 0 unspecified atom stereocenters. The number of allylic oxidation sites excluding steroid dienone is 1. The molecule has 1 heterocycles. The van der Waals surface area contributed by atoms with Crippen LogP contribution in [0.25, 0.3) is 5.70 Å². The fourth-order valence-electron chi connectivity index (χ4n) is 2.23. The van der Waals surface area contributed by atoms with Gasteiger partial charge in [0.15, 0.2) is 0 Å². The molecule has 1 aliphatic rings. The molecule has 1 aromatic carbocycles. The van der Waals surface area contributed by atoms with Crippen molar-refractivity contribution in [2.75, 3.05) is 13.7 Å². The lowest BCUT2D eigenvalue weighted by molar-refractivity contribution is 0.414. The normalized spacial score (nSPS) is 16.7. The summed E-state index contributed by atoms with van der Waals surface area (Å²) in [6.07, 6.45) is 3.37. The molecule has 0 aliphatic carbocycles. The van der Waals surface area contributed by atoms with Crippen LogP contribution in [0.4, 0.5) is 0 Å². The number of ether oxygens (including phenoxy) is 1. The van der Waals surface area contributed by atoms with Gasteiger partial charge >= 0.3 is 0 Å². The minimum atomic E-state index is 0.943. The molecule has 0 amide bonds. The van der Waals surface area contributed by atoms with Crippen molar-refractivity contribution in [3.8, 4) is 5.75 Å². The van der Waals surface area contributed by atoms with Crippen LogP contribution in [0.15, 0.2) is 24.3 Å². The van der Waals surface area contributed by atoms with Crippen molar-refractivity contribution in [1.29, 1.82) is 0 Å². The summed E-state index contributed by atoms with van der Waals surface area (Å²) in [5, 5.41) is 0. The van der Waals surface area contributed by atoms with E-state index in [0.717, 1.165) is 25.3 Å². The van der Waals surface area contributed by atoms with Gasteiger partial charge in [0.2, 0.25) is 0 Å². The average molecular weight is 217 g/mol. The Kier molecular flexibility index (Phi) is 3.18. The summed E-state index contributed by atoms with van der Waals surface area (Å²) in [6.45, 7) is 6.47. The lowest BCUT2D eigenvalue weighted by atomic mass is 10.1. The smallest absolute Gasteiger partial charge is 0.119 e. The molecule has 1 aromatic rings. The van der Waals surface area contributed by atoms with Gasteiger partial charge in [0, 0.05) is 24.4 Å². The number of nitrogens with zero attached hydrogens (tertiary/aromatic N) is 1. The van der Waals surface area contributed by atoms with Crippen LogP contribution in [0, 0.1) is 0 Å². The zero-order chi connectivity index (χ0) is 11.5. The van der Waals surface area contributed by atoms with Crippen LogP contribution in [-0.2, 0) is 6.54 Å². The number of hydrogen-bond donors (Lipinski definition) is 0. The van der Waals surface area contributed by atoms with E-state index in [2.05, 4.69) is 37.0 Å². The van der Waals surface area contributed by atoms with Crippen LogP contribution < -0.4 is 4.74 Å². The first kappa shape index (κ1) is 11.1. The van der Waals surface area contributed by atoms with Gasteiger partial charge in [-0.25, -0.2) is 0 Å². The van der Waals surface area contributed by atoms with Crippen LogP contribution in [0.2, 0.25) is 0 Å². The van der Waals surface area contributed by atoms with E-state index >= 15 is 0 Å². The van der Waals surface area contributed by atoms with Crippen LogP contribution in [-0.4, -0.2) is 18.6 Å². The molecule has 2 nitrogen and oxygen atoms in total. The van der Waals surface area contributed by atoms with E-state index < -0.39 is 0 Å². The fourth-order valence-corrected chi connectivity index (χ4v) is 2.23. The number of methoxy groups -OCH3 is 1. The Hall–Kier alpha value is -1.44. The Morgan fingerprint density at radius 1 is 1.38 bits per heavy atom. The molecule has 0 bridgehead atoms. The number of fused-ring (bicyclic) bond motifs is 1. The van der Waals surface area contributed by atoms with E-state index in [4.69, 9.17) is 4.74 Å². The molecular formula is C14H19NO. The molecular weight excluding hydrogens is 198 g/mol. The first-order valence-electron chi connectivity index (χ1n) is 5.92. The van der Waals surface area contributed by atoms with E-state index in [9.17, 15) is 0 Å². The largest absolute Gasteiger partial charge is 0.497 e. The number of rotatable bonds is 3. The molecule has 0 spiro atoms. The van der Waals surface area contributed by atoms with Crippen LogP contribution >= 0.6 is 0 Å². The highest BCUT2D eigenvalue weighted by molar-refractivity contribution is 5.71. The minimum absolute atomic E-state index is 0.943. The number of benzene rings is 1. The van der Waals surface area contributed by atoms with Gasteiger partial charge in [0.25, 0.3) is 0 Å². The van der Waals surface area contributed by atoms with Crippen molar-refractivity contribution < 1.29 is 4.74 Å². The first-order chi connectivity index (χ1) is 7.80. The summed E-state index contributed by atoms with van der Waals surface area (Å²) in [5.74, 6) is 0.943. The van der Waals surface area contributed by atoms with Crippen LogP contribution in [0.5, 0.6) is 5.75 Å². The fraction of sp³-hybridized carbons (Fsp3) is 0.429. The predicted molar refractivity (Wildman–Crippen MR) is 67.3 cm³/mol. The molecule has 0 fully saturated rings. The maximum atomic E-state index is 5.29. The second-order valence-corrected chi connectivity index (χ2v) is 4.03. The lowest BCUT2D eigenvalue weighted by Gasteiger charge is -2.17. The maximum absolute atomic E-state index is 5.29. The highest BCUT2D eigenvalue weighted by Gasteiger charge is 2.22. The van der Waals surface area contributed by atoms with Gasteiger partial charge in [-0.05, 0) is 31.0 Å². The van der Waals surface area contributed by atoms with Gasteiger partial charge in [-0.2, -0.15) is 0 Å². The Morgan fingerprint density at radius 2 is 2.19 bits per heavy atom. The second-order valence-electron chi connectivity index (χ2n) is 4.03. The van der Waals surface area contributed by atoms with Crippen molar-refractivity contribution in [2.24, 2.45) is 0 Å². The highest BCUT2D eigenvalue weighted by Crippen LogP contribution is 2.34. The molecule has 1 aliphatic heterocycles. The molecule has 16 heavy (non-hydrogen) atoms. The van der Waals surface area contributed by atoms with Gasteiger partial charge < -0.3 is 9.64 Å². The van der Waals surface area contributed by atoms with Gasteiger partial charge in [-0.3, -0.25) is 0 Å². The van der Waals surface area contributed by atoms with Gasteiger partial charge in [-0.15, -0.1) is 0 Å². The molecule has 0 atom stereocenters. The topological polar surface area (TPSA) is 12.5 Å². The van der Waals surface area contributed by atoms with Crippen molar-refractivity contribution in [2.45, 2.75) is 26.8 Å². The van der Waals surface area contributed by atoms with E-state index in [0.29, 0.717) is 0 Å². The Labute approximate surface area is 97.5 Å². The average Bonchev–Trinajstić information content (AvgIpc) is 2.67. The quantitative estimate of drug-likeness (QED) is 0.770. The first-order valence-corrected chi connectivity index (χ1v) is 5.92. The molecule has 0 N–H and O–H groups in total. The zero-order valence-electron chi connectivity index (χ0n) is 10.3. The predicted octanol–water partition coefficient (Wildman–Crippen LogP) is 3.28. The molecule has 0 radical (unpaired) electrons. The van der Waals surface area contributed by atoms with Crippen molar-refractivity contribution >= 4 is 5.70 Å². The van der Waals surface area contributed by atoms with Gasteiger partial charge in [-0.1, -0.05) is 19.1 Å². The molecule has 0 saturated heterocycles. The molecule has 0 aromatic heterocycles. The molecule has 2 heteroatoms. The Morgan fingerprint density at radius 3 is 2.81 bits per heavy atom. The third kappa shape index (κ3) is 1.80. The SMILES string of the molecule is CCC=C1c2cc(OC)ccc2CN1CC. The Bertz CT molecular complexity index is 409. The molecule has 86 valence electrons. The summed E-state index contributed by atoms with van der Waals surface area (Å²) in [4.78, 5) is 2.41. The number of hydrogen-bond acceptors (Lipinski definition) is 2. The van der Waals surface area contributed by atoms with E-state index in [1.54, 1.807) is 7.11 Å². The highest BCUT2D eigenvalue weighted by atomic mass is 16.5. The van der Waals surface area contributed by atoms with E-state index in [1.165, 1.54) is 16.8 Å². The van der Waals surface area contributed by atoms with Gasteiger partial charge in [0.05, 0.1) is 7.11 Å². The zero-order valence-corrected chi connectivity index (χ0v) is 10.3. The van der Waals surface area contributed by atoms with E-state index in [1.807, 2.05) is 6.07 Å². The Balaban J connectivity index is 2.44. The third-order valence-electron chi connectivity index (χ3n) is 3.07. The summed E-state index contributed by atoms with van der Waals surface area (Å²) < 4.78 is 5.29. The lowest BCUT2D eigenvalue weighted by Crippen LogP contribution is -2.14. The molecule has 2 rings (SSSR count). The summed E-state index contributed by atoms with van der Waals surface area (Å²) in [5.41, 5.74) is 4.10. The molecule has 0 saturated carbocycles. The van der Waals surface area contributed by atoms with E-state index in [-0.39, 0.29) is 0 Å². The summed E-state index contributed by atoms with van der Waals surface area (Å²) in [7, 11) is 1.72. The monoisotopic (exact) mass is 217 g/mol. The summed E-state index contributed by atoms with van der Waals surface area (Å²) >= 11 is 0. The van der Waals surface area contributed by atoms with Crippen molar-refractivity contribution in [3.63, 3.8) is 0 Å². The van der Waals surface area contributed by atoms with Crippen molar-refractivity contribution in [1.82, 2.24) is 4.90 Å².